The molecule has 6 heteroatoms. The number of ether oxygens (including phenoxy) is 1. The number of fused-ring (bicyclic) bond motifs is 1. The second-order valence-corrected chi connectivity index (χ2v) is 4.92. The van der Waals surface area contributed by atoms with Crippen molar-refractivity contribution in [2.45, 2.75) is 32.6 Å². The Morgan fingerprint density at radius 2 is 2.10 bits per heavy atom. The third-order valence-corrected chi connectivity index (χ3v) is 3.24. The molecule has 1 aromatic carbocycles. The van der Waals surface area contributed by atoms with Crippen LogP contribution < -0.4 is 10.5 Å². The molecule has 0 saturated carbocycles. The number of nitrogens with zero attached hydrogens (tertiary/aromatic N) is 2. The lowest BCUT2D eigenvalue weighted by Crippen LogP contribution is -2.09. The summed E-state index contributed by atoms with van der Waals surface area (Å²) >= 11 is 0. The van der Waals surface area contributed by atoms with Crippen LogP contribution in [0, 0.1) is 6.92 Å². The fraction of sp³-hybridized carbons (Fsp3) is 0.400. The van der Waals surface area contributed by atoms with Gasteiger partial charge in [-0.25, -0.2) is 9.97 Å². The minimum Gasteiger partial charge on any atom is -0.504 e. The number of phenolic OH excluding ortho intramolecular Hbond substituents is 1. The molecule has 0 unspecified atom stereocenters. The first-order valence-corrected chi connectivity index (χ1v) is 6.93. The van der Waals surface area contributed by atoms with Gasteiger partial charge in [0, 0.05) is 23.6 Å². The number of primary amides is 1. The molecule has 0 aliphatic carbocycles. The topological polar surface area (TPSA) is 98.3 Å². The number of carbonyl (C=O) groups is 1. The van der Waals surface area contributed by atoms with E-state index >= 15 is 0 Å². The van der Waals surface area contributed by atoms with Crippen LogP contribution in [0.15, 0.2) is 18.5 Å². The molecule has 112 valence electrons. The number of benzene rings is 1. The molecule has 2 aromatic rings. The number of nitrogens with two attached hydrogens (primary N) is 1. The Kier molecular flexibility index (Phi) is 4.92. The van der Waals surface area contributed by atoms with Crippen LogP contribution >= 0.6 is 0 Å². The van der Waals surface area contributed by atoms with Crippen LogP contribution in [0.25, 0.3) is 10.9 Å². The predicted molar refractivity (Wildman–Crippen MR) is 79.1 cm³/mol. The largest absolute Gasteiger partial charge is 0.504 e. The number of aryl methyl sites for hydroxylation is 1. The molecule has 0 aliphatic heterocycles. The Labute approximate surface area is 123 Å². The maximum atomic E-state index is 10.6. The third kappa shape index (κ3) is 4.05. The van der Waals surface area contributed by atoms with Gasteiger partial charge in [0.05, 0.1) is 12.1 Å². The van der Waals surface area contributed by atoms with E-state index in [1.165, 1.54) is 6.33 Å². The number of carbonyl (C=O) groups excluding carboxylic acids is 1. The van der Waals surface area contributed by atoms with Gasteiger partial charge < -0.3 is 15.6 Å². The van der Waals surface area contributed by atoms with E-state index in [0.29, 0.717) is 24.3 Å². The molecule has 6 nitrogen and oxygen atoms in total. The van der Waals surface area contributed by atoms with Crippen molar-refractivity contribution in [1.29, 1.82) is 0 Å². The van der Waals surface area contributed by atoms with Crippen LogP contribution in [-0.2, 0) is 4.79 Å². The highest BCUT2D eigenvalue weighted by Crippen LogP contribution is 2.31. The highest BCUT2D eigenvalue weighted by Gasteiger charge is 2.08. The molecular weight excluding hydrogens is 270 g/mol. The normalized spacial score (nSPS) is 10.7. The molecular formula is C15H19N3O3. The molecule has 0 spiro atoms. The molecule has 0 atom stereocenters. The predicted octanol–water partition coefficient (Wildman–Crippen LogP) is 2.07. The van der Waals surface area contributed by atoms with Crippen molar-refractivity contribution in [3.05, 3.63) is 24.2 Å². The van der Waals surface area contributed by atoms with E-state index in [1.807, 2.05) is 6.92 Å². The van der Waals surface area contributed by atoms with E-state index in [0.717, 1.165) is 30.3 Å². The number of rotatable bonds is 7. The summed E-state index contributed by atoms with van der Waals surface area (Å²) < 4.78 is 5.59. The van der Waals surface area contributed by atoms with Crippen molar-refractivity contribution in [2.75, 3.05) is 6.61 Å². The minimum atomic E-state index is -0.279. The summed E-state index contributed by atoms with van der Waals surface area (Å²) in [5, 5.41) is 10.8. The lowest BCUT2D eigenvalue weighted by Gasteiger charge is -2.10. The van der Waals surface area contributed by atoms with Crippen molar-refractivity contribution in [3.8, 4) is 11.5 Å². The van der Waals surface area contributed by atoms with E-state index < -0.39 is 0 Å². The third-order valence-electron chi connectivity index (χ3n) is 3.24. The van der Waals surface area contributed by atoms with Crippen molar-refractivity contribution in [3.63, 3.8) is 0 Å². The standard InChI is InChI=1S/C15H19N3O3/c1-10-11-7-14(13(19)8-12(11)18-9-17-10)21-6-4-2-3-5-15(16)20/h7-9,19H,2-6H2,1H3,(H2,16,20). The average molecular weight is 289 g/mol. The number of aromatic nitrogens is 2. The Bertz CT molecular complexity index is 643. The van der Waals surface area contributed by atoms with Gasteiger partial charge in [0.25, 0.3) is 0 Å². The zero-order chi connectivity index (χ0) is 15.2. The highest BCUT2D eigenvalue weighted by atomic mass is 16.5. The van der Waals surface area contributed by atoms with E-state index in [4.69, 9.17) is 10.5 Å². The summed E-state index contributed by atoms with van der Waals surface area (Å²) in [7, 11) is 0. The SMILES string of the molecule is Cc1ncnc2cc(O)c(OCCCCCC(N)=O)cc12. The summed E-state index contributed by atoms with van der Waals surface area (Å²) in [4.78, 5) is 18.8. The van der Waals surface area contributed by atoms with E-state index in [1.54, 1.807) is 12.1 Å². The van der Waals surface area contributed by atoms with Crippen LogP contribution in [-0.4, -0.2) is 27.6 Å². The first-order valence-electron chi connectivity index (χ1n) is 6.93. The van der Waals surface area contributed by atoms with Crippen molar-refractivity contribution in [2.24, 2.45) is 5.73 Å². The molecule has 21 heavy (non-hydrogen) atoms. The van der Waals surface area contributed by atoms with Crippen LogP contribution in [0.1, 0.15) is 31.4 Å². The smallest absolute Gasteiger partial charge is 0.217 e. The zero-order valence-corrected chi connectivity index (χ0v) is 12.0. The number of aromatic hydroxyl groups is 1. The fourth-order valence-corrected chi connectivity index (χ4v) is 2.08. The van der Waals surface area contributed by atoms with Gasteiger partial charge in [-0.2, -0.15) is 0 Å². The molecule has 1 aromatic heterocycles. The molecule has 0 radical (unpaired) electrons. The fourth-order valence-electron chi connectivity index (χ4n) is 2.08. The van der Waals surface area contributed by atoms with E-state index in [9.17, 15) is 9.90 Å². The van der Waals surface area contributed by atoms with Gasteiger partial charge in [0.15, 0.2) is 11.5 Å². The molecule has 1 amide bonds. The molecule has 0 aliphatic rings. The summed E-state index contributed by atoms with van der Waals surface area (Å²) in [5.74, 6) is 0.214. The summed E-state index contributed by atoms with van der Waals surface area (Å²) in [6.07, 6.45) is 4.29. The van der Waals surface area contributed by atoms with Gasteiger partial charge >= 0.3 is 0 Å². The van der Waals surface area contributed by atoms with E-state index in [-0.39, 0.29) is 11.7 Å². The quantitative estimate of drug-likeness (QED) is 0.760. The molecule has 1 heterocycles. The summed E-state index contributed by atoms with van der Waals surface area (Å²) in [6, 6.07) is 3.33. The lowest BCUT2D eigenvalue weighted by molar-refractivity contribution is -0.118. The lowest BCUT2D eigenvalue weighted by atomic mass is 10.1. The van der Waals surface area contributed by atoms with Gasteiger partial charge in [0.2, 0.25) is 5.91 Å². The van der Waals surface area contributed by atoms with Gasteiger partial charge in [-0.1, -0.05) is 0 Å². The Morgan fingerprint density at radius 1 is 1.29 bits per heavy atom. The van der Waals surface area contributed by atoms with Gasteiger partial charge in [-0.15, -0.1) is 0 Å². The maximum absolute atomic E-state index is 10.6. The second-order valence-electron chi connectivity index (χ2n) is 4.92. The summed E-state index contributed by atoms with van der Waals surface area (Å²) in [6.45, 7) is 2.36. The molecule has 3 N–H and O–H groups in total. The molecule has 2 rings (SSSR count). The number of hydrogen-bond acceptors (Lipinski definition) is 5. The zero-order valence-electron chi connectivity index (χ0n) is 12.0. The summed E-state index contributed by atoms with van der Waals surface area (Å²) in [5.41, 5.74) is 6.60. The van der Waals surface area contributed by atoms with Crippen molar-refractivity contribution in [1.82, 2.24) is 9.97 Å². The van der Waals surface area contributed by atoms with Gasteiger partial charge in [-0.3, -0.25) is 4.79 Å². The molecule has 0 saturated heterocycles. The molecule has 0 fully saturated rings. The monoisotopic (exact) mass is 289 g/mol. The van der Waals surface area contributed by atoms with Crippen molar-refractivity contribution < 1.29 is 14.6 Å². The second kappa shape index (κ2) is 6.88. The van der Waals surface area contributed by atoms with Crippen LogP contribution in [0.3, 0.4) is 0 Å². The number of unbranched alkanes of at least 4 members (excludes halogenated alkanes) is 2. The van der Waals surface area contributed by atoms with Crippen molar-refractivity contribution >= 4 is 16.8 Å². The van der Waals surface area contributed by atoms with Crippen LogP contribution in [0.4, 0.5) is 0 Å². The van der Waals surface area contributed by atoms with Gasteiger partial charge in [0.1, 0.15) is 6.33 Å². The Hall–Kier alpha value is -2.37. The minimum absolute atomic E-state index is 0.0673. The number of phenols is 1. The Morgan fingerprint density at radius 3 is 2.86 bits per heavy atom. The number of amides is 1. The van der Waals surface area contributed by atoms with Crippen LogP contribution in [0.2, 0.25) is 0 Å². The maximum Gasteiger partial charge on any atom is 0.217 e. The molecule has 0 bridgehead atoms. The van der Waals surface area contributed by atoms with E-state index in [2.05, 4.69) is 9.97 Å². The first kappa shape index (κ1) is 15.0. The first-order chi connectivity index (χ1) is 10.1. The Balaban J connectivity index is 1.94. The van der Waals surface area contributed by atoms with Gasteiger partial charge in [-0.05, 0) is 32.3 Å². The highest BCUT2D eigenvalue weighted by molar-refractivity contribution is 5.84. The average Bonchev–Trinajstić information content (AvgIpc) is 2.43. The number of hydrogen-bond donors (Lipinski definition) is 2. The van der Waals surface area contributed by atoms with Crippen LogP contribution in [0.5, 0.6) is 11.5 Å².